The zero-order valence-electron chi connectivity index (χ0n) is 6.02. The summed E-state index contributed by atoms with van der Waals surface area (Å²) in [5.41, 5.74) is 1.33. The molecule has 0 radical (unpaired) electrons. The molecule has 0 heteroatoms. The van der Waals surface area contributed by atoms with E-state index in [-0.39, 0.29) is 5.41 Å². The van der Waals surface area contributed by atoms with E-state index >= 15 is 0 Å². The highest BCUT2D eigenvalue weighted by Gasteiger charge is 2.10. The lowest BCUT2D eigenvalue weighted by atomic mass is 9.88. The summed E-state index contributed by atoms with van der Waals surface area (Å²) < 4.78 is 0. The van der Waals surface area contributed by atoms with Gasteiger partial charge in [-0.2, -0.15) is 0 Å². The van der Waals surface area contributed by atoms with Crippen LogP contribution < -0.4 is 0 Å². The molecule has 0 fully saturated rings. The van der Waals surface area contributed by atoms with Crippen LogP contribution in [0.15, 0.2) is 36.5 Å². The normalized spacial score (nSPS) is 22.7. The van der Waals surface area contributed by atoms with Crippen LogP contribution in [0.5, 0.6) is 0 Å². The summed E-state index contributed by atoms with van der Waals surface area (Å²) in [5, 5.41) is 0. The molecule has 0 aromatic rings. The summed E-state index contributed by atoms with van der Waals surface area (Å²) in [6.45, 7) is 8.15. The maximum absolute atomic E-state index is 3.81. The van der Waals surface area contributed by atoms with Crippen LogP contribution >= 0.6 is 0 Å². The minimum absolute atomic E-state index is 0.237. The van der Waals surface area contributed by atoms with Crippen molar-refractivity contribution in [3.63, 3.8) is 0 Å². The zero-order chi connectivity index (χ0) is 6.91. The van der Waals surface area contributed by atoms with Gasteiger partial charge in [0.15, 0.2) is 0 Å². The molecule has 0 aromatic carbocycles. The van der Waals surface area contributed by atoms with Gasteiger partial charge in [0.1, 0.15) is 0 Å². The fraction of sp³-hybridized carbons (Fsp3) is 0.333. The van der Waals surface area contributed by atoms with E-state index in [0.29, 0.717) is 0 Å². The molecule has 0 spiro atoms. The largest absolute Gasteiger partial charge is 0.0918 e. The van der Waals surface area contributed by atoms with Crippen LogP contribution in [0, 0.1) is 5.41 Å². The first-order valence-corrected chi connectivity index (χ1v) is 3.17. The van der Waals surface area contributed by atoms with E-state index in [4.69, 9.17) is 0 Å². The third-order valence-corrected chi connectivity index (χ3v) is 1.45. The van der Waals surface area contributed by atoms with Crippen molar-refractivity contribution < 1.29 is 0 Å². The van der Waals surface area contributed by atoms with E-state index in [2.05, 4.69) is 44.7 Å². The minimum Gasteiger partial charge on any atom is -0.0918 e. The first-order valence-electron chi connectivity index (χ1n) is 3.17. The lowest BCUT2D eigenvalue weighted by Crippen LogP contribution is -2.04. The van der Waals surface area contributed by atoms with Crippen molar-refractivity contribution in [2.24, 2.45) is 5.41 Å². The molecular formula is C9H12. The molecule has 0 bridgehead atoms. The molecule has 0 nitrogen and oxygen atoms in total. The van der Waals surface area contributed by atoms with Crippen LogP contribution in [0.1, 0.15) is 13.8 Å². The Morgan fingerprint density at radius 3 is 2.00 bits per heavy atom. The average molecular weight is 120 g/mol. The van der Waals surface area contributed by atoms with Gasteiger partial charge in [0.25, 0.3) is 0 Å². The van der Waals surface area contributed by atoms with Gasteiger partial charge in [0.2, 0.25) is 0 Å². The van der Waals surface area contributed by atoms with E-state index in [1.807, 2.05) is 0 Å². The van der Waals surface area contributed by atoms with Gasteiger partial charge in [-0.1, -0.05) is 44.7 Å². The summed E-state index contributed by atoms with van der Waals surface area (Å²) in [6, 6.07) is 0. The van der Waals surface area contributed by atoms with Gasteiger partial charge in [-0.05, 0) is 5.57 Å². The van der Waals surface area contributed by atoms with Gasteiger partial charge < -0.3 is 0 Å². The van der Waals surface area contributed by atoms with Crippen molar-refractivity contribution in [2.75, 3.05) is 0 Å². The van der Waals surface area contributed by atoms with E-state index < -0.39 is 0 Å². The highest BCUT2D eigenvalue weighted by atomic mass is 14.1. The Bertz CT molecular complexity index is 162. The van der Waals surface area contributed by atoms with Crippen LogP contribution in [0.25, 0.3) is 0 Å². The predicted octanol–water partition coefficient (Wildman–Crippen LogP) is 2.69. The second-order valence-electron chi connectivity index (χ2n) is 3.06. The van der Waals surface area contributed by atoms with Gasteiger partial charge >= 0.3 is 0 Å². The average Bonchev–Trinajstić information content (AvgIpc) is 1.78. The molecule has 0 heterocycles. The summed E-state index contributed by atoms with van der Waals surface area (Å²) >= 11 is 0. The molecule has 0 unspecified atom stereocenters. The minimum atomic E-state index is 0.237. The van der Waals surface area contributed by atoms with Gasteiger partial charge in [-0.25, -0.2) is 0 Å². The van der Waals surface area contributed by atoms with Gasteiger partial charge in [-0.3, -0.25) is 0 Å². The van der Waals surface area contributed by atoms with Crippen LogP contribution in [-0.4, -0.2) is 0 Å². The molecule has 0 saturated heterocycles. The standard InChI is InChI=1S/C9H12/c1-8-4-6-9(2,3)7-5-8/h4-7H,1H2,2-3H3. The molecular weight excluding hydrogens is 108 g/mol. The number of rotatable bonds is 0. The first-order chi connectivity index (χ1) is 4.10. The molecule has 0 saturated carbocycles. The molecule has 0 amide bonds. The fourth-order valence-corrected chi connectivity index (χ4v) is 0.755. The second kappa shape index (κ2) is 1.87. The highest BCUT2D eigenvalue weighted by Crippen LogP contribution is 2.24. The summed E-state index contributed by atoms with van der Waals surface area (Å²) in [4.78, 5) is 0. The summed E-state index contributed by atoms with van der Waals surface area (Å²) in [6.07, 6.45) is 8.44. The second-order valence-corrected chi connectivity index (χ2v) is 3.06. The SMILES string of the molecule is C=C1C=CC(C)(C)C=C1. The highest BCUT2D eigenvalue weighted by molar-refractivity contribution is 5.35. The zero-order valence-corrected chi connectivity index (χ0v) is 6.02. The molecule has 0 aliphatic heterocycles. The molecule has 1 aliphatic carbocycles. The number of hydrogen-bond acceptors (Lipinski definition) is 0. The van der Waals surface area contributed by atoms with Gasteiger partial charge in [0.05, 0.1) is 0 Å². The van der Waals surface area contributed by atoms with Crippen LogP contribution in [0.4, 0.5) is 0 Å². The molecule has 0 atom stereocenters. The van der Waals surface area contributed by atoms with E-state index in [1.165, 1.54) is 0 Å². The molecule has 1 aliphatic rings. The van der Waals surface area contributed by atoms with Gasteiger partial charge in [0, 0.05) is 5.41 Å². The van der Waals surface area contributed by atoms with Crippen LogP contribution in [0.3, 0.4) is 0 Å². The maximum atomic E-state index is 3.81. The Morgan fingerprint density at radius 1 is 1.22 bits per heavy atom. The van der Waals surface area contributed by atoms with Crippen molar-refractivity contribution in [2.45, 2.75) is 13.8 Å². The predicted molar refractivity (Wildman–Crippen MR) is 41.2 cm³/mol. The van der Waals surface area contributed by atoms with E-state index in [0.717, 1.165) is 5.57 Å². The number of allylic oxidation sites excluding steroid dienone is 5. The number of hydrogen-bond donors (Lipinski definition) is 0. The van der Waals surface area contributed by atoms with E-state index in [1.54, 1.807) is 0 Å². The van der Waals surface area contributed by atoms with Crippen molar-refractivity contribution in [3.8, 4) is 0 Å². The Hall–Kier alpha value is -0.780. The lowest BCUT2D eigenvalue weighted by Gasteiger charge is -2.17. The molecule has 0 aromatic heterocycles. The molecule has 1 rings (SSSR count). The topological polar surface area (TPSA) is 0 Å². The Kier molecular flexibility index (Phi) is 1.32. The smallest absolute Gasteiger partial charge is 0.00111 e. The summed E-state index contributed by atoms with van der Waals surface area (Å²) in [5.74, 6) is 0. The van der Waals surface area contributed by atoms with E-state index in [9.17, 15) is 0 Å². The Morgan fingerprint density at radius 2 is 1.67 bits per heavy atom. The Labute approximate surface area is 56.6 Å². The third kappa shape index (κ3) is 1.56. The summed E-state index contributed by atoms with van der Waals surface area (Å²) in [7, 11) is 0. The first kappa shape index (κ1) is 6.34. The van der Waals surface area contributed by atoms with Crippen molar-refractivity contribution in [1.29, 1.82) is 0 Å². The van der Waals surface area contributed by atoms with Gasteiger partial charge in [-0.15, -0.1) is 0 Å². The quantitative estimate of drug-likeness (QED) is 0.461. The molecule has 9 heavy (non-hydrogen) atoms. The van der Waals surface area contributed by atoms with Crippen LogP contribution in [-0.2, 0) is 0 Å². The fourth-order valence-electron chi connectivity index (χ4n) is 0.755. The molecule has 48 valence electrons. The van der Waals surface area contributed by atoms with Crippen LogP contribution in [0.2, 0.25) is 0 Å². The monoisotopic (exact) mass is 120 g/mol. The Balaban J connectivity index is 2.82. The van der Waals surface area contributed by atoms with Crippen molar-refractivity contribution >= 4 is 0 Å². The van der Waals surface area contributed by atoms with Crippen molar-refractivity contribution in [1.82, 2.24) is 0 Å². The molecule has 0 N–H and O–H groups in total. The lowest BCUT2D eigenvalue weighted by molar-refractivity contribution is 0.621. The maximum Gasteiger partial charge on any atom is 0.00111 e. The third-order valence-electron chi connectivity index (χ3n) is 1.45. The van der Waals surface area contributed by atoms with Crippen molar-refractivity contribution in [3.05, 3.63) is 36.5 Å².